The summed E-state index contributed by atoms with van der Waals surface area (Å²) < 4.78 is 9.43. The molecule has 4 atom stereocenters. The summed E-state index contributed by atoms with van der Waals surface area (Å²) >= 11 is 0. The first kappa shape index (κ1) is 59.3. The maximum Gasteiger partial charge on any atom is 0.0448 e. The van der Waals surface area contributed by atoms with Crippen LogP contribution in [0.4, 0.5) is 45.5 Å². The average Bonchev–Trinajstić information content (AvgIpc) is 3.56. The zero-order valence-electron chi connectivity index (χ0n) is 44.7. The molecule has 12 rings (SSSR count). The van der Waals surface area contributed by atoms with Crippen LogP contribution < -0.4 is 39.9 Å². The molecule has 0 saturated heterocycles. The van der Waals surface area contributed by atoms with Crippen molar-refractivity contribution >= 4 is 102 Å². The number of para-hydroxylation sites is 8. The van der Waals surface area contributed by atoms with Gasteiger partial charge in [0, 0.05) is 101 Å². The maximum absolute atomic E-state index is 2.36. The Labute approximate surface area is 501 Å². The Hall–Kier alpha value is -7.78. The molecule has 12 aromatic rings. The standard InChI is InChI=1S/4C18H16NP.Pd/c4*1-4-10-16(11-5-1)19(17-12-6-2-7-13-17)20-18-14-8-3-9-15-18;/h4*1-15,20H;. The Kier molecular flexibility index (Phi) is 24.7. The SMILES string of the molecule is [Pd].c1ccc(PN(c2ccccc2)c2ccccc2)cc1.c1ccc(PN(c2ccccc2)c2ccccc2)cc1.c1ccc(PN(c2ccccc2)c2ccccc2)cc1.c1ccc(PN(c2ccccc2)c2ccccc2)cc1. The third-order valence-electron chi connectivity index (χ3n) is 12.2. The molecule has 0 fully saturated rings. The van der Waals surface area contributed by atoms with Crippen LogP contribution in [-0.2, 0) is 20.4 Å². The summed E-state index contributed by atoms with van der Waals surface area (Å²) in [5, 5.41) is 5.33. The van der Waals surface area contributed by atoms with Gasteiger partial charge in [-0.15, -0.1) is 0 Å². The Balaban J connectivity index is 0.000000141. The number of nitrogens with zero attached hydrogens (tertiary/aromatic N) is 4. The zero-order chi connectivity index (χ0) is 54.5. The summed E-state index contributed by atoms with van der Waals surface area (Å²) in [5.74, 6) is 0. The molecule has 0 radical (unpaired) electrons. The number of hydrogen-bond acceptors (Lipinski definition) is 4. The van der Waals surface area contributed by atoms with Crippen molar-refractivity contribution in [1.82, 2.24) is 0 Å². The van der Waals surface area contributed by atoms with E-state index in [0.717, 1.165) is 0 Å². The van der Waals surface area contributed by atoms with Crippen molar-refractivity contribution in [2.24, 2.45) is 0 Å². The van der Waals surface area contributed by atoms with Crippen molar-refractivity contribution < 1.29 is 20.4 Å². The van der Waals surface area contributed by atoms with E-state index in [1.54, 1.807) is 0 Å². The van der Waals surface area contributed by atoms with Crippen molar-refractivity contribution in [2.75, 3.05) is 18.7 Å². The molecule has 0 N–H and O–H groups in total. The Morgan fingerprint density at radius 2 is 0.235 bits per heavy atom. The van der Waals surface area contributed by atoms with E-state index in [1.807, 2.05) is 0 Å². The quantitative estimate of drug-likeness (QED) is 0.0706. The molecule has 0 heterocycles. The number of rotatable bonds is 16. The van der Waals surface area contributed by atoms with E-state index >= 15 is 0 Å². The zero-order valence-corrected chi connectivity index (χ0v) is 50.3. The molecule has 0 bridgehead atoms. The van der Waals surface area contributed by atoms with Gasteiger partial charge in [-0.05, 0) is 118 Å². The molecule has 0 aromatic heterocycles. The first-order valence-corrected chi connectivity index (χ1v) is 30.4. The van der Waals surface area contributed by atoms with Gasteiger partial charge in [-0.1, -0.05) is 267 Å². The molecule has 4 nitrogen and oxygen atoms in total. The van der Waals surface area contributed by atoms with Gasteiger partial charge in [0.25, 0.3) is 0 Å². The van der Waals surface area contributed by atoms with Gasteiger partial charge in [0.2, 0.25) is 0 Å². The Morgan fingerprint density at radius 1 is 0.136 bits per heavy atom. The normalized spacial score (nSPS) is 10.7. The van der Waals surface area contributed by atoms with Crippen LogP contribution >= 0.6 is 34.9 Å². The van der Waals surface area contributed by atoms with Gasteiger partial charge in [-0.25, -0.2) is 0 Å². The van der Waals surface area contributed by atoms with Crippen molar-refractivity contribution in [1.29, 1.82) is 0 Å². The molecular weight excluding hydrogens is 1150 g/mol. The van der Waals surface area contributed by atoms with E-state index in [9.17, 15) is 0 Å². The first-order chi connectivity index (χ1) is 39.7. The average molecular weight is 1220 g/mol. The summed E-state index contributed by atoms with van der Waals surface area (Å²) in [7, 11) is 2.34. The molecule has 402 valence electrons. The van der Waals surface area contributed by atoms with Gasteiger partial charge in [-0.2, -0.15) is 0 Å². The fourth-order valence-corrected chi connectivity index (χ4v) is 12.9. The smallest absolute Gasteiger partial charge is 0.0448 e. The van der Waals surface area contributed by atoms with Gasteiger partial charge >= 0.3 is 0 Å². The van der Waals surface area contributed by atoms with Gasteiger partial charge in [0.1, 0.15) is 0 Å². The Morgan fingerprint density at radius 3 is 0.346 bits per heavy atom. The predicted molar refractivity (Wildman–Crippen MR) is 358 cm³/mol. The molecule has 12 aromatic carbocycles. The van der Waals surface area contributed by atoms with Crippen LogP contribution in [0, 0.1) is 0 Å². The van der Waals surface area contributed by atoms with E-state index < -0.39 is 0 Å². The molecule has 0 spiro atoms. The summed E-state index contributed by atoms with van der Waals surface area (Å²) in [5.41, 5.74) is 9.78. The maximum atomic E-state index is 2.36. The van der Waals surface area contributed by atoms with Crippen LogP contribution in [0.3, 0.4) is 0 Å². The number of anilines is 8. The molecular formula is C72H64N4P4Pd. The number of hydrogen-bond donors (Lipinski definition) is 0. The van der Waals surface area contributed by atoms with E-state index in [4.69, 9.17) is 0 Å². The molecule has 0 aliphatic heterocycles. The topological polar surface area (TPSA) is 13.0 Å². The molecule has 0 aliphatic rings. The fourth-order valence-electron chi connectivity index (χ4n) is 8.30. The van der Waals surface area contributed by atoms with Crippen LogP contribution in [0.2, 0.25) is 0 Å². The number of benzene rings is 12. The molecule has 4 unspecified atom stereocenters. The summed E-state index contributed by atoms with van der Waals surface area (Å²) in [4.78, 5) is 0. The fraction of sp³-hybridized carbons (Fsp3) is 0. The molecule has 0 aliphatic carbocycles. The van der Waals surface area contributed by atoms with E-state index in [2.05, 4.69) is 383 Å². The van der Waals surface area contributed by atoms with Crippen LogP contribution in [-0.4, -0.2) is 0 Å². The monoisotopic (exact) mass is 1210 g/mol. The van der Waals surface area contributed by atoms with Gasteiger partial charge in [0.15, 0.2) is 0 Å². The van der Waals surface area contributed by atoms with Crippen molar-refractivity contribution in [3.63, 3.8) is 0 Å². The third-order valence-corrected chi connectivity index (χ3v) is 17.5. The minimum absolute atomic E-state index is 0. The van der Waals surface area contributed by atoms with Crippen molar-refractivity contribution in [2.45, 2.75) is 0 Å². The van der Waals surface area contributed by atoms with Crippen molar-refractivity contribution in [3.8, 4) is 0 Å². The molecule has 9 heteroatoms. The molecule has 0 saturated carbocycles. The van der Waals surface area contributed by atoms with Crippen LogP contribution in [0.1, 0.15) is 0 Å². The van der Waals surface area contributed by atoms with Gasteiger partial charge in [-0.3, -0.25) is 0 Å². The predicted octanol–water partition coefficient (Wildman–Crippen LogP) is 19.0. The second-order valence-electron chi connectivity index (χ2n) is 17.9. The van der Waals surface area contributed by atoms with E-state index in [0.29, 0.717) is 34.9 Å². The van der Waals surface area contributed by atoms with Crippen LogP contribution in [0.15, 0.2) is 364 Å². The molecule has 81 heavy (non-hydrogen) atoms. The second-order valence-corrected chi connectivity index (χ2v) is 22.9. The third kappa shape index (κ3) is 19.2. The second kappa shape index (κ2) is 33.7. The minimum Gasteiger partial charge on any atom is -0.318 e. The van der Waals surface area contributed by atoms with E-state index in [-0.39, 0.29) is 20.4 Å². The van der Waals surface area contributed by atoms with Crippen molar-refractivity contribution in [3.05, 3.63) is 364 Å². The van der Waals surface area contributed by atoms with Gasteiger partial charge in [0.05, 0.1) is 0 Å². The Bertz CT molecular complexity index is 2880. The van der Waals surface area contributed by atoms with Crippen LogP contribution in [0.5, 0.6) is 0 Å². The van der Waals surface area contributed by atoms with E-state index in [1.165, 1.54) is 66.7 Å². The molecule has 0 amide bonds. The van der Waals surface area contributed by atoms with Gasteiger partial charge < -0.3 is 18.7 Å². The van der Waals surface area contributed by atoms with Crippen LogP contribution in [0.25, 0.3) is 0 Å². The summed E-state index contributed by atoms with van der Waals surface area (Å²) in [6, 6.07) is 127. The first-order valence-electron chi connectivity index (χ1n) is 26.6. The summed E-state index contributed by atoms with van der Waals surface area (Å²) in [6.07, 6.45) is 0. The summed E-state index contributed by atoms with van der Waals surface area (Å²) in [6.45, 7) is 0. The largest absolute Gasteiger partial charge is 0.318 e. The minimum atomic E-state index is 0.